The van der Waals surface area contributed by atoms with Gasteiger partial charge in [-0.25, -0.2) is 22.5 Å². The fraction of sp³-hybridized carbons (Fsp3) is 0.158. The number of hydrogen-bond acceptors (Lipinski definition) is 3. The first kappa shape index (κ1) is 17.3. The highest BCUT2D eigenvalue weighted by Gasteiger charge is 2.21. The molecule has 0 saturated heterocycles. The Kier molecular flexibility index (Phi) is 4.18. The van der Waals surface area contributed by atoms with Crippen LogP contribution >= 0.6 is 0 Å². The quantitative estimate of drug-likeness (QED) is 0.611. The Morgan fingerprint density at radius 3 is 2.44 bits per heavy atom. The van der Waals surface area contributed by atoms with Crippen LogP contribution in [0.5, 0.6) is 0 Å². The first-order valence-corrected chi connectivity index (χ1v) is 8.17. The number of anilines is 1. The SMILES string of the molecule is Cc1nc2cc(F)c(F)cc2n1C1=CN=CCN1c1ccc(C(F)F)cc1. The van der Waals surface area contributed by atoms with Crippen LogP contribution in [0.15, 0.2) is 47.6 Å². The predicted molar refractivity (Wildman–Crippen MR) is 95.9 cm³/mol. The lowest BCUT2D eigenvalue weighted by molar-refractivity contribution is 0.151. The number of alkyl halides is 2. The van der Waals surface area contributed by atoms with Gasteiger partial charge in [0.25, 0.3) is 6.43 Å². The second-order valence-corrected chi connectivity index (χ2v) is 6.07. The molecule has 1 aliphatic rings. The Bertz CT molecular complexity index is 1070. The average molecular weight is 374 g/mol. The maximum Gasteiger partial charge on any atom is 0.263 e. The number of fused-ring (bicyclic) bond motifs is 1. The lowest BCUT2D eigenvalue weighted by Gasteiger charge is -2.29. The summed E-state index contributed by atoms with van der Waals surface area (Å²) in [5.74, 6) is -0.862. The summed E-state index contributed by atoms with van der Waals surface area (Å²) in [7, 11) is 0. The number of imidazole rings is 1. The van der Waals surface area contributed by atoms with E-state index in [9.17, 15) is 17.6 Å². The third-order valence-corrected chi connectivity index (χ3v) is 4.39. The molecule has 0 aliphatic carbocycles. The monoisotopic (exact) mass is 374 g/mol. The van der Waals surface area contributed by atoms with E-state index >= 15 is 0 Å². The van der Waals surface area contributed by atoms with Crippen molar-refractivity contribution < 1.29 is 17.6 Å². The molecule has 0 N–H and O–H groups in total. The molecule has 3 aromatic rings. The van der Waals surface area contributed by atoms with Crippen LogP contribution < -0.4 is 4.90 Å². The number of aliphatic imine (C=N–C) groups is 1. The van der Waals surface area contributed by atoms with Gasteiger partial charge in [-0.15, -0.1) is 0 Å². The van der Waals surface area contributed by atoms with Gasteiger partial charge in [0.05, 0.1) is 23.8 Å². The van der Waals surface area contributed by atoms with Crippen molar-refractivity contribution in [1.82, 2.24) is 9.55 Å². The Balaban J connectivity index is 1.83. The molecule has 2 heterocycles. The van der Waals surface area contributed by atoms with E-state index in [0.717, 1.165) is 12.1 Å². The minimum absolute atomic E-state index is 0.0724. The molecule has 0 atom stereocenters. The van der Waals surface area contributed by atoms with Crippen molar-refractivity contribution in [3.8, 4) is 0 Å². The van der Waals surface area contributed by atoms with Crippen LogP contribution in [-0.2, 0) is 0 Å². The Morgan fingerprint density at radius 2 is 1.74 bits per heavy atom. The minimum atomic E-state index is -2.55. The van der Waals surface area contributed by atoms with Gasteiger partial charge in [0.15, 0.2) is 11.6 Å². The second kappa shape index (κ2) is 6.53. The summed E-state index contributed by atoms with van der Waals surface area (Å²) < 4.78 is 54.6. The molecule has 1 aliphatic heterocycles. The maximum atomic E-state index is 13.8. The van der Waals surface area contributed by atoms with Gasteiger partial charge < -0.3 is 4.90 Å². The molecule has 1 aromatic heterocycles. The molecule has 4 nitrogen and oxygen atoms in total. The summed E-state index contributed by atoms with van der Waals surface area (Å²) in [6.07, 6.45) is 0.689. The molecule has 8 heteroatoms. The molecule has 4 rings (SSSR count). The summed E-state index contributed by atoms with van der Waals surface area (Å²) in [5.41, 5.74) is 1.30. The highest BCUT2D eigenvalue weighted by atomic mass is 19.3. The fourth-order valence-corrected chi connectivity index (χ4v) is 3.11. The third kappa shape index (κ3) is 2.97. The first-order valence-electron chi connectivity index (χ1n) is 8.17. The van der Waals surface area contributed by atoms with Crippen LogP contribution in [0.25, 0.3) is 16.9 Å². The summed E-state index contributed by atoms with van der Waals surface area (Å²) >= 11 is 0. The van der Waals surface area contributed by atoms with E-state index in [1.165, 1.54) is 12.1 Å². The molecular weight excluding hydrogens is 360 g/mol. The Morgan fingerprint density at radius 1 is 1.04 bits per heavy atom. The van der Waals surface area contributed by atoms with Crippen molar-refractivity contribution in [2.24, 2.45) is 4.99 Å². The van der Waals surface area contributed by atoms with Gasteiger partial charge >= 0.3 is 0 Å². The van der Waals surface area contributed by atoms with E-state index in [-0.39, 0.29) is 5.56 Å². The normalized spacial score (nSPS) is 14.3. The molecule has 138 valence electrons. The molecule has 27 heavy (non-hydrogen) atoms. The van der Waals surface area contributed by atoms with E-state index in [2.05, 4.69) is 9.98 Å². The van der Waals surface area contributed by atoms with E-state index in [1.54, 1.807) is 36.0 Å². The van der Waals surface area contributed by atoms with Gasteiger partial charge in [-0.1, -0.05) is 12.1 Å². The topological polar surface area (TPSA) is 33.4 Å². The third-order valence-electron chi connectivity index (χ3n) is 4.39. The summed E-state index contributed by atoms with van der Waals surface area (Å²) in [6, 6.07) is 8.02. The minimum Gasteiger partial charge on any atom is -0.321 e. The van der Waals surface area contributed by atoms with Crippen molar-refractivity contribution in [3.63, 3.8) is 0 Å². The number of benzene rings is 2. The smallest absolute Gasteiger partial charge is 0.263 e. The zero-order valence-corrected chi connectivity index (χ0v) is 14.2. The van der Waals surface area contributed by atoms with E-state index in [4.69, 9.17) is 0 Å². The predicted octanol–water partition coefficient (Wildman–Crippen LogP) is 4.91. The Hall–Kier alpha value is -3.16. The number of halogens is 4. The molecule has 0 spiro atoms. The van der Waals surface area contributed by atoms with Crippen LogP contribution in [0.4, 0.5) is 23.2 Å². The molecule has 0 radical (unpaired) electrons. The molecular formula is C19H14F4N4. The first-order chi connectivity index (χ1) is 13.0. The van der Waals surface area contributed by atoms with Crippen molar-refractivity contribution in [1.29, 1.82) is 0 Å². The fourth-order valence-electron chi connectivity index (χ4n) is 3.11. The second-order valence-electron chi connectivity index (χ2n) is 6.07. The lowest BCUT2D eigenvalue weighted by Crippen LogP contribution is -2.29. The van der Waals surface area contributed by atoms with E-state index in [0.29, 0.717) is 34.9 Å². The zero-order chi connectivity index (χ0) is 19.1. The van der Waals surface area contributed by atoms with Crippen molar-refractivity contribution in [2.75, 3.05) is 11.4 Å². The summed E-state index contributed by atoms with van der Waals surface area (Å²) in [4.78, 5) is 10.3. The van der Waals surface area contributed by atoms with Gasteiger partial charge in [-0.05, 0) is 19.1 Å². The molecule has 0 unspecified atom stereocenters. The maximum absolute atomic E-state index is 13.8. The summed E-state index contributed by atoms with van der Waals surface area (Å²) in [6.45, 7) is 2.11. The molecule has 0 bridgehead atoms. The van der Waals surface area contributed by atoms with Gasteiger partial charge in [-0.2, -0.15) is 0 Å². The van der Waals surface area contributed by atoms with Crippen LogP contribution in [0.1, 0.15) is 17.8 Å². The lowest BCUT2D eigenvalue weighted by atomic mass is 10.2. The molecule has 0 saturated carbocycles. The summed E-state index contributed by atoms with van der Waals surface area (Å²) in [5, 5.41) is 0. The highest BCUT2D eigenvalue weighted by Crippen LogP contribution is 2.30. The van der Waals surface area contributed by atoms with Gasteiger partial charge in [-0.3, -0.25) is 9.56 Å². The molecule has 0 amide bonds. The largest absolute Gasteiger partial charge is 0.321 e. The Labute approximate surface area is 152 Å². The number of nitrogens with zero attached hydrogens (tertiary/aromatic N) is 4. The van der Waals surface area contributed by atoms with Crippen molar-refractivity contribution >= 4 is 28.8 Å². The number of hydrogen-bond donors (Lipinski definition) is 0. The van der Waals surface area contributed by atoms with Crippen LogP contribution in [0.2, 0.25) is 0 Å². The number of aromatic nitrogens is 2. The van der Waals surface area contributed by atoms with Crippen molar-refractivity contribution in [2.45, 2.75) is 13.3 Å². The number of rotatable bonds is 3. The van der Waals surface area contributed by atoms with Crippen LogP contribution in [0.3, 0.4) is 0 Å². The molecule has 0 fully saturated rings. The molecule has 2 aromatic carbocycles. The van der Waals surface area contributed by atoms with Gasteiger partial charge in [0.2, 0.25) is 0 Å². The van der Waals surface area contributed by atoms with Crippen LogP contribution in [0, 0.1) is 18.6 Å². The van der Waals surface area contributed by atoms with Gasteiger partial charge in [0.1, 0.15) is 11.6 Å². The van der Waals surface area contributed by atoms with E-state index in [1.807, 2.05) is 4.90 Å². The zero-order valence-electron chi connectivity index (χ0n) is 14.2. The van der Waals surface area contributed by atoms with Crippen LogP contribution in [-0.4, -0.2) is 22.3 Å². The average Bonchev–Trinajstić information content (AvgIpc) is 2.97. The number of aryl methyl sites for hydroxylation is 1. The standard InChI is InChI=1S/C19H14F4N4/c1-11-25-16-8-14(20)15(21)9-17(16)27(11)18-10-24-6-7-26(18)13-4-2-12(3-5-13)19(22)23/h2-6,8-10,19H,7H2,1H3. The van der Waals surface area contributed by atoms with E-state index < -0.39 is 18.1 Å². The van der Waals surface area contributed by atoms with Crippen molar-refractivity contribution in [3.05, 3.63) is 65.6 Å². The van der Waals surface area contributed by atoms with Gasteiger partial charge in [0, 0.05) is 29.6 Å². The highest BCUT2D eigenvalue weighted by molar-refractivity contribution is 5.87.